The second-order valence-corrected chi connectivity index (χ2v) is 6.73. The first-order valence-electron chi connectivity index (χ1n) is 7.62. The molecule has 110 valence electrons. The van der Waals surface area contributed by atoms with Crippen LogP contribution in [0.4, 0.5) is 0 Å². The van der Waals surface area contributed by atoms with Gasteiger partial charge in [0, 0.05) is 17.6 Å². The average molecular weight is 273 g/mol. The maximum absolute atomic E-state index is 6.18. The molecular weight excluding hydrogens is 246 g/mol. The van der Waals surface area contributed by atoms with E-state index in [1.54, 1.807) is 0 Å². The van der Waals surface area contributed by atoms with Crippen LogP contribution in [-0.2, 0) is 6.54 Å². The van der Waals surface area contributed by atoms with Crippen molar-refractivity contribution in [3.8, 4) is 5.75 Å². The fourth-order valence-electron chi connectivity index (χ4n) is 2.36. The van der Waals surface area contributed by atoms with E-state index in [1.807, 2.05) is 0 Å². The molecule has 20 heavy (non-hydrogen) atoms. The van der Waals surface area contributed by atoms with E-state index < -0.39 is 0 Å². The summed E-state index contributed by atoms with van der Waals surface area (Å²) < 4.78 is 6.18. The predicted molar refractivity (Wildman–Crippen MR) is 85.2 cm³/mol. The summed E-state index contributed by atoms with van der Waals surface area (Å²) in [4.78, 5) is 0. The van der Waals surface area contributed by atoms with Gasteiger partial charge in [0.25, 0.3) is 0 Å². The molecule has 0 fully saturated rings. The third kappa shape index (κ3) is 4.68. The Balaban J connectivity index is 2.10. The van der Waals surface area contributed by atoms with Crippen molar-refractivity contribution in [2.24, 2.45) is 0 Å². The first-order chi connectivity index (χ1) is 9.44. The number of ether oxygens (including phenoxy) is 1. The highest BCUT2D eigenvalue weighted by atomic mass is 16.5. The van der Waals surface area contributed by atoms with Crippen molar-refractivity contribution in [2.45, 2.75) is 65.1 Å². The van der Waals surface area contributed by atoms with Gasteiger partial charge in [0.15, 0.2) is 0 Å². The van der Waals surface area contributed by atoms with Crippen molar-refractivity contribution in [1.82, 2.24) is 5.32 Å². The van der Waals surface area contributed by atoms with E-state index in [0.29, 0.717) is 0 Å². The van der Waals surface area contributed by atoms with E-state index in [9.17, 15) is 0 Å². The van der Waals surface area contributed by atoms with Gasteiger partial charge >= 0.3 is 0 Å². The molecule has 0 amide bonds. The van der Waals surface area contributed by atoms with Crippen molar-refractivity contribution in [3.05, 3.63) is 41.5 Å². The minimum atomic E-state index is 0.117. The Bertz CT molecular complexity index is 471. The second kappa shape index (κ2) is 6.45. The Morgan fingerprint density at radius 1 is 1.30 bits per heavy atom. The number of aryl methyl sites for hydroxylation is 1. The predicted octanol–water partition coefficient (Wildman–Crippen LogP) is 4.37. The fourth-order valence-corrected chi connectivity index (χ4v) is 2.36. The SMILES string of the molecule is Cc1ccc(OC2C=CCCC2)c(CNC(C)(C)C)c1. The molecule has 2 heteroatoms. The molecule has 1 aromatic carbocycles. The summed E-state index contributed by atoms with van der Waals surface area (Å²) in [6.45, 7) is 9.54. The van der Waals surface area contributed by atoms with E-state index >= 15 is 0 Å². The number of rotatable bonds is 4. The highest BCUT2D eigenvalue weighted by Gasteiger charge is 2.14. The smallest absolute Gasteiger partial charge is 0.124 e. The molecule has 0 saturated carbocycles. The fraction of sp³-hybridized carbons (Fsp3) is 0.556. The zero-order valence-corrected chi connectivity index (χ0v) is 13.2. The topological polar surface area (TPSA) is 21.3 Å². The van der Waals surface area contributed by atoms with Gasteiger partial charge in [-0.1, -0.05) is 23.8 Å². The van der Waals surface area contributed by atoms with Crippen LogP contribution >= 0.6 is 0 Å². The quantitative estimate of drug-likeness (QED) is 0.822. The van der Waals surface area contributed by atoms with Crippen LogP contribution in [0.25, 0.3) is 0 Å². The van der Waals surface area contributed by atoms with E-state index in [-0.39, 0.29) is 11.6 Å². The number of benzene rings is 1. The molecular formula is C18H27NO. The van der Waals surface area contributed by atoms with Crippen LogP contribution in [0.1, 0.15) is 51.2 Å². The van der Waals surface area contributed by atoms with Crippen LogP contribution in [0.2, 0.25) is 0 Å². The highest BCUT2D eigenvalue weighted by molar-refractivity contribution is 5.37. The molecule has 1 atom stereocenters. The molecule has 0 heterocycles. The summed E-state index contributed by atoms with van der Waals surface area (Å²) in [5.74, 6) is 1.02. The Labute approximate surface area is 123 Å². The molecule has 1 aromatic rings. The zero-order valence-electron chi connectivity index (χ0n) is 13.2. The van der Waals surface area contributed by atoms with Gasteiger partial charge in [-0.2, -0.15) is 0 Å². The molecule has 0 aliphatic heterocycles. The molecule has 0 radical (unpaired) electrons. The largest absolute Gasteiger partial charge is 0.486 e. The first-order valence-corrected chi connectivity index (χ1v) is 7.62. The van der Waals surface area contributed by atoms with Gasteiger partial charge in [-0.15, -0.1) is 0 Å². The van der Waals surface area contributed by atoms with E-state index in [0.717, 1.165) is 18.7 Å². The lowest BCUT2D eigenvalue weighted by molar-refractivity contribution is 0.226. The van der Waals surface area contributed by atoms with Crippen LogP contribution in [0.5, 0.6) is 5.75 Å². The number of hydrogen-bond acceptors (Lipinski definition) is 2. The van der Waals surface area contributed by atoms with Gasteiger partial charge in [0.1, 0.15) is 11.9 Å². The normalized spacial score (nSPS) is 19.1. The van der Waals surface area contributed by atoms with Gasteiger partial charge < -0.3 is 10.1 Å². The third-order valence-corrected chi connectivity index (χ3v) is 3.51. The van der Waals surface area contributed by atoms with Gasteiger partial charge in [0.2, 0.25) is 0 Å². The minimum Gasteiger partial charge on any atom is -0.486 e. The first kappa shape index (κ1) is 15.1. The van der Waals surface area contributed by atoms with Crippen molar-refractivity contribution < 1.29 is 4.74 Å². The Kier molecular flexibility index (Phi) is 4.87. The number of allylic oxidation sites excluding steroid dienone is 1. The maximum atomic E-state index is 6.18. The third-order valence-electron chi connectivity index (χ3n) is 3.51. The molecule has 0 bridgehead atoms. The lowest BCUT2D eigenvalue weighted by Crippen LogP contribution is -2.35. The van der Waals surface area contributed by atoms with Gasteiger partial charge in [-0.3, -0.25) is 0 Å². The molecule has 1 aliphatic rings. The Morgan fingerprint density at radius 3 is 2.75 bits per heavy atom. The zero-order chi connectivity index (χ0) is 14.6. The van der Waals surface area contributed by atoms with Gasteiger partial charge in [0.05, 0.1) is 0 Å². The van der Waals surface area contributed by atoms with Crippen molar-refractivity contribution >= 4 is 0 Å². The monoisotopic (exact) mass is 273 g/mol. The highest BCUT2D eigenvalue weighted by Crippen LogP contribution is 2.24. The molecule has 2 nitrogen and oxygen atoms in total. The summed E-state index contributed by atoms with van der Waals surface area (Å²) in [5, 5.41) is 3.55. The average Bonchev–Trinajstić information content (AvgIpc) is 2.39. The lowest BCUT2D eigenvalue weighted by atomic mass is 10.0. The lowest BCUT2D eigenvalue weighted by Gasteiger charge is -2.24. The van der Waals surface area contributed by atoms with Crippen LogP contribution in [0, 0.1) is 6.92 Å². The summed E-state index contributed by atoms with van der Waals surface area (Å²) in [6, 6.07) is 6.46. The maximum Gasteiger partial charge on any atom is 0.124 e. The minimum absolute atomic E-state index is 0.117. The van der Waals surface area contributed by atoms with Gasteiger partial charge in [-0.05, 0) is 59.1 Å². The van der Waals surface area contributed by atoms with Crippen molar-refractivity contribution in [1.29, 1.82) is 0 Å². The summed E-state index contributed by atoms with van der Waals surface area (Å²) in [5.41, 5.74) is 2.65. The number of hydrogen-bond donors (Lipinski definition) is 1. The summed E-state index contributed by atoms with van der Waals surface area (Å²) in [7, 11) is 0. The standard InChI is InChI=1S/C18H27NO/c1-14-10-11-17(20-16-8-6-5-7-9-16)15(12-14)13-19-18(2,3)4/h6,8,10-12,16,19H,5,7,9,13H2,1-4H3. The summed E-state index contributed by atoms with van der Waals surface area (Å²) >= 11 is 0. The van der Waals surface area contributed by atoms with E-state index in [4.69, 9.17) is 4.74 Å². The molecule has 1 aliphatic carbocycles. The second-order valence-electron chi connectivity index (χ2n) is 6.73. The van der Waals surface area contributed by atoms with E-state index in [1.165, 1.54) is 24.0 Å². The molecule has 1 N–H and O–H groups in total. The van der Waals surface area contributed by atoms with Crippen LogP contribution in [0.3, 0.4) is 0 Å². The Morgan fingerprint density at radius 2 is 2.10 bits per heavy atom. The molecule has 0 saturated heterocycles. The van der Waals surface area contributed by atoms with Crippen molar-refractivity contribution in [3.63, 3.8) is 0 Å². The van der Waals surface area contributed by atoms with Gasteiger partial charge in [-0.25, -0.2) is 0 Å². The Hall–Kier alpha value is -1.28. The van der Waals surface area contributed by atoms with Crippen LogP contribution < -0.4 is 10.1 Å². The summed E-state index contributed by atoms with van der Waals surface area (Å²) in [6.07, 6.45) is 8.20. The number of nitrogens with one attached hydrogen (secondary N) is 1. The molecule has 2 rings (SSSR count). The molecule has 0 aromatic heterocycles. The van der Waals surface area contributed by atoms with Crippen LogP contribution in [0.15, 0.2) is 30.4 Å². The van der Waals surface area contributed by atoms with E-state index in [2.05, 4.69) is 63.4 Å². The van der Waals surface area contributed by atoms with Crippen molar-refractivity contribution in [2.75, 3.05) is 0 Å². The van der Waals surface area contributed by atoms with Crippen LogP contribution in [-0.4, -0.2) is 11.6 Å². The molecule has 1 unspecified atom stereocenters. The molecule has 0 spiro atoms.